The van der Waals surface area contributed by atoms with E-state index in [9.17, 15) is 22.8 Å². The third-order valence-electron chi connectivity index (χ3n) is 5.20. The van der Waals surface area contributed by atoms with Crippen LogP contribution >= 0.6 is 0 Å². The van der Waals surface area contributed by atoms with Crippen molar-refractivity contribution in [2.45, 2.75) is 33.9 Å². The Morgan fingerprint density at radius 1 is 1.06 bits per heavy atom. The molecule has 0 aliphatic heterocycles. The number of halogens is 3. The molecule has 7 nitrogen and oxygen atoms in total. The number of alkyl halides is 3. The topological polar surface area (TPSA) is 80.1 Å². The van der Waals surface area contributed by atoms with Gasteiger partial charge < -0.3 is 10.2 Å². The monoisotopic (exact) mass is 459 g/mol. The Morgan fingerprint density at radius 2 is 1.70 bits per heavy atom. The Balaban J connectivity index is 1.72. The average Bonchev–Trinajstić information content (AvgIpc) is 3.10. The van der Waals surface area contributed by atoms with Crippen molar-refractivity contribution >= 4 is 17.5 Å². The summed E-state index contributed by atoms with van der Waals surface area (Å²) in [6, 6.07) is 6.01. The molecule has 1 aromatic carbocycles. The minimum Gasteiger partial charge on any atom is -0.332 e. The third-order valence-corrected chi connectivity index (χ3v) is 5.20. The lowest BCUT2D eigenvalue weighted by atomic mass is 10.1. The van der Waals surface area contributed by atoms with Crippen molar-refractivity contribution in [3.05, 3.63) is 70.2 Å². The summed E-state index contributed by atoms with van der Waals surface area (Å²) in [7, 11) is 1.49. The van der Waals surface area contributed by atoms with Gasteiger partial charge in [0, 0.05) is 18.9 Å². The highest BCUT2D eigenvalue weighted by molar-refractivity contribution is 6.00. The van der Waals surface area contributed by atoms with Gasteiger partial charge in [0.05, 0.1) is 29.6 Å². The van der Waals surface area contributed by atoms with Crippen LogP contribution in [-0.4, -0.2) is 45.1 Å². The number of benzene rings is 1. The van der Waals surface area contributed by atoms with Gasteiger partial charge in [-0.3, -0.25) is 9.59 Å². The van der Waals surface area contributed by atoms with Crippen LogP contribution in [0.5, 0.6) is 0 Å². The first-order chi connectivity index (χ1) is 15.4. The Labute approximate surface area is 189 Å². The molecule has 2 heterocycles. The van der Waals surface area contributed by atoms with Gasteiger partial charge in [-0.1, -0.05) is 17.7 Å². The fraction of sp³-hybridized carbons (Fsp3) is 0.304. The highest BCUT2D eigenvalue weighted by Crippen LogP contribution is 2.29. The second-order valence-corrected chi connectivity index (χ2v) is 7.94. The molecule has 0 atom stereocenters. The number of aromatic nitrogens is 3. The molecule has 10 heteroatoms. The van der Waals surface area contributed by atoms with Gasteiger partial charge in [0.15, 0.2) is 5.82 Å². The number of anilines is 1. The number of nitrogens with zero attached hydrogens (tertiary/aromatic N) is 4. The van der Waals surface area contributed by atoms with Crippen LogP contribution in [0, 0.1) is 27.7 Å². The molecule has 2 amide bonds. The van der Waals surface area contributed by atoms with Gasteiger partial charge >= 0.3 is 6.18 Å². The van der Waals surface area contributed by atoms with Gasteiger partial charge in [0.2, 0.25) is 5.91 Å². The van der Waals surface area contributed by atoms with Crippen molar-refractivity contribution in [2.75, 3.05) is 18.9 Å². The van der Waals surface area contributed by atoms with Gasteiger partial charge in [-0.25, -0.2) is 9.67 Å². The van der Waals surface area contributed by atoms with Gasteiger partial charge in [-0.2, -0.15) is 18.3 Å². The Kier molecular flexibility index (Phi) is 6.57. The first-order valence-electron chi connectivity index (χ1n) is 10.1. The van der Waals surface area contributed by atoms with E-state index in [-0.39, 0.29) is 23.8 Å². The Morgan fingerprint density at radius 3 is 2.24 bits per heavy atom. The minimum absolute atomic E-state index is 0.144. The van der Waals surface area contributed by atoms with Crippen LogP contribution in [0.3, 0.4) is 0 Å². The number of pyridine rings is 1. The van der Waals surface area contributed by atoms with Crippen LogP contribution in [0.15, 0.2) is 36.7 Å². The third kappa shape index (κ3) is 5.21. The highest BCUT2D eigenvalue weighted by atomic mass is 19.4. The first kappa shape index (κ1) is 24.0. The zero-order valence-corrected chi connectivity index (χ0v) is 18.9. The number of aryl methyl sites for hydroxylation is 3. The summed E-state index contributed by atoms with van der Waals surface area (Å²) in [6.45, 7) is 7.19. The maximum absolute atomic E-state index is 12.9. The average molecular weight is 459 g/mol. The Hall–Kier alpha value is -3.69. The number of carbonyl (C=O) groups excluding carboxylic acids is 2. The molecule has 0 saturated carbocycles. The number of nitrogens with one attached hydrogen (secondary N) is 1. The molecule has 0 fully saturated rings. The van der Waals surface area contributed by atoms with Gasteiger partial charge in [0.25, 0.3) is 5.91 Å². The van der Waals surface area contributed by atoms with E-state index in [4.69, 9.17) is 0 Å². The first-order valence-corrected chi connectivity index (χ1v) is 10.1. The van der Waals surface area contributed by atoms with E-state index in [1.165, 1.54) is 28.9 Å². The summed E-state index contributed by atoms with van der Waals surface area (Å²) < 4.78 is 39.6. The van der Waals surface area contributed by atoms with E-state index in [1.54, 1.807) is 6.92 Å². The second kappa shape index (κ2) is 9.05. The normalized spacial score (nSPS) is 11.4. The number of rotatable bonds is 5. The van der Waals surface area contributed by atoms with Crippen LogP contribution in [-0.2, 0) is 11.0 Å². The maximum Gasteiger partial charge on any atom is 0.417 e. The molecule has 3 aromatic rings. The summed E-state index contributed by atoms with van der Waals surface area (Å²) in [5.41, 5.74) is 3.39. The molecular weight excluding hydrogens is 435 g/mol. The van der Waals surface area contributed by atoms with Crippen molar-refractivity contribution in [3.8, 4) is 5.82 Å². The van der Waals surface area contributed by atoms with Crippen LogP contribution in [0.2, 0.25) is 0 Å². The lowest BCUT2D eigenvalue weighted by molar-refractivity contribution is -0.137. The number of hydrogen-bond acceptors (Lipinski definition) is 4. The quantitative estimate of drug-likeness (QED) is 0.619. The zero-order chi connectivity index (χ0) is 24.5. The molecule has 0 bridgehead atoms. The highest BCUT2D eigenvalue weighted by Gasteiger charge is 2.31. The second-order valence-electron chi connectivity index (χ2n) is 7.94. The maximum atomic E-state index is 12.9. The van der Waals surface area contributed by atoms with Gasteiger partial charge in [0.1, 0.15) is 0 Å². The van der Waals surface area contributed by atoms with Crippen molar-refractivity contribution in [2.24, 2.45) is 0 Å². The predicted molar refractivity (Wildman–Crippen MR) is 117 cm³/mol. The standard InChI is InChI=1S/C23H24F3N5O2/c1-13-8-14(2)21(15(3)9-13)29-20(32)12-30(5)22(33)18-11-28-31(16(18)4)19-7-6-17(10-27-19)23(24,25)26/h6-11H,12H2,1-5H3,(H,29,32). The largest absolute Gasteiger partial charge is 0.417 e. The molecule has 0 aliphatic carbocycles. The molecule has 0 unspecified atom stereocenters. The van der Waals surface area contributed by atoms with Crippen LogP contribution in [0.25, 0.3) is 5.82 Å². The predicted octanol–water partition coefficient (Wildman–Crippen LogP) is 4.23. The summed E-state index contributed by atoms with van der Waals surface area (Å²) in [5.74, 6) is -0.654. The molecule has 2 aromatic heterocycles. The number of hydrogen-bond donors (Lipinski definition) is 1. The molecule has 1 N–H and O–H groups in total. The summed E-state index contributed by atoms with van der Waals surface area (Å²) in [4.78, 5) is 30.5. The van der Waals surface area contributed by atoms with Crippen LogP contribution in [0.4, 0.5) is 18.9 Å². The van der Waals surface area contributed by atoms with Gasteiger partial charge in [-0.05, 0) is 51.0 Å². The van der Waals surface area contributed by atoms with E-state index < -0.39 is 17.6 Å². The summed E-state index contributed by atoms with van der Waals surface area (Å²) in [6.07, 6.45) is -2.48. The number of likely N-dealkylation sites (N-methyl/N-ethyl adjacent to an activating group) is 1. The van der Waals surface area contributed by atoms with E-state index in [0.29, 0.717) is 17.6 Å². The fourth-order valence-corrected chi connectivity index (χ4v) is 3.58. The minimum atomic E-state index is -4.50. The van der Waals surface area contributed by atoms with Gasteiger partial charge in [-0.15, -0.1) is 0 Å². The fourth-order valence-electron chi connectivity index (χ4n) is 3.58. The molecule has 0 radical (unpaired) electrons. The smallest absolute Gasteiger partial charge is 0.332 e. The molecular formula is C23H24F3N5O2. The van der Waals surface area contributed by atoms with Crippen molar-refractivity contribution in [3.63, 3.8) is 0 Å². The van der Waals surface area contributed by atoms with E-state index >= 15 is 0 Å². The summed E-state index contributed by atoms with van der Waals surface area (Å²) >= 11 is 0. The lowest BCUT2D eigenvalue weighted by Gasteiger charge is -2.18. The zero-order valence-electron chi connectivity index (χ0n) is 18.9. The molecule has 0 aliphatic rings. The number of amides is 2. The van der Waals surface area contributed by atoms with Crippen molar-refractivity contribution in [1.29, 1.82) is 0 Å². The molecule has 0 spiro atoms. The summed E-state index contributed by atoms with van der Waals surface area (Å²) in [5, 5.41) is 6.93. The molecule has 33 heavy (non-hydrogen) atoms. The molecule has 3 rings (SSSR count). The van der Waals surface area contributed by atoms with E-state index in [1.807, 2.05) is 32.9 Å². The number of carbonyl (C=O) groups is 2. The van der Waals surface area contributed by atoms with E-state index in [0.717, 1.165) is 22.8 Å². The van der Waals surface area contributed by atoms with Crippen molar-refractivity contribution in [1.82, 2.24) is 19.7 Å². The lowest BCUT2D eigenvalue weighted by Crippen LogP contribution is -2.35. The SMILES string of the molecule is Cc1cc(C)c(NC(=O)CN(C)C(=O)c2cnn(-c3ccc(C(F)(F)F)cn3)c2C)c(C)c1. The molecule has 174 valence electrons. The van der Waals surface area contributed by atoms with Crippen molar-refractivity contribution < 1.29 is 22.8 Å². The van der Waals surface area contributed by atoms with Crippen LogP contribution < -0.4 is 5.32 Å². The molecule has 0 saturated heterocycles. The van der Waals surface area contributed by atoms with Crippen LogP contribution in [0.1, 0.15) is 38.3 Å². The Bertz CT molecular complexity index is 1180. The van der Waals surface area contributed by atoms with E-state index in [2.05, 4.69) is 15.4 Å².